The molecule has 14 heavy (non-hydrogen) atoms. The van der Waals surface area contributed by atoms with Gasteiger partial charge < -0.3 is 0 Å². The van der Waals surface area contributed by atoms with Crippen molar-refractivity contribution in [2.75, 3.05) is 0 Å². The summed E-state index contributed by atoms with van der Waals surface area (Å²) in [7, 11) is 0. The summed E-state index contributed by atoms with van der Waals surface area (Å²) in [5.74, 6) is 0. The van der Waals surface area contributed by atoms with E-state index in [0.717, 1.165) is 0 Å². The van der Waals surface area contributed by atoms with E-state index < -0.39 is 6.04 Å². The Kier molecular flexibility index (Phi) is 3.67. The number of aliphatic imine (C=N–C) groups is 1. The monoisotopic (exact) mass is 226 g/mol. The Balaban J connectivity index is 3.17. The first kappa shape index (κ1) is 10.7. The van der Waals surface area contributed by atoms with Gasteiger partial charge in [0, 0.05) is 10.0 Å². The molecule has 1 aromatic rings. The average molecular weight is 227 g/mol. The minimum absolute atomic E-state index is 0.397. The number of isocyanates is 1. The van der Waals surface area contributed by atoms with Gasteiger partial charge in [0.1, 0.15) is 0 Å². The fraction of sp³-hybridized carbons (Fsp3) is 0.111. The van der Waals surface area contributed by atoms with Gasteiger partial charge in [-0.2, -0.15) is 10.3 Å². The number of halogens is 2. The van der Waals surface area contributed by atoms with Crippen LogP contribution in [0.4, 0.5) is 0 Å². The summed E-state index contributed by atoms with van der Waals surface area (Å²) in [6.07, 6.45) is 1.32. The van der Waals surface area contributed by atoms with Crippen LogP contribution in [0.5, 0.6) is 0 Å². The fourth-order valence-electron chi connectivity index (χ4n) is 0.964. The molecule has 0 radical (unpaired) electrons. The molecule has 1 atom stereocenters. The highest BCUT2D eigenvalue weighted by Crippen LogP contribution is 2.24. The van der Waals surface area contributed by atoms with Gasteiger partial charge in [0.05, 0.1) is 6.07 Å². The van der Waals surface area contributed by atoms with E-state index in [4.69, 9.17) is 28.5 Å². The lowest BCUT2D eigenvalue weighted by Gasteiger charge is -2.03. The van der Waals surface area contributed by atoms with Crippen molar-refractivity contribution in [3.05, 3.63) is 33.8 Å². The average Bonchev–Trinajstić information content (AvgIpc) is 2.12. The third-order valence-electron chi connectivity index (χ3n) is 1.50. The van der Waals surface area contributed by atoms with Gasteiger partial charge in [0.15, 0.2) is 6.04 Å². The number of hydrogen-bond acceptors (Lipinski definition) is 3. The van der Waals surface area contributed by atoms with Gasteiger partial charge >= 0.3 is 0 Å². The molecule has 1 unspecified atom stereocenters. The maximum Gasteiger partial charge on any atom is 0.236 e. The van der Waals surface area contributed by atoms with E-state index in [9.17, 15) is 4.79 Å². The van der Waals surface area contributed by atoms with Gasteiger partial charge in [-0.15, -0.1) is 0 Å². The lowest BCUT2D eigenvalue weighted by Crippen LogP contribution is -1.91. The van der Waals surface area contributed by atoms with Crippen LogP contribution in [-0.2, 0) is 4.79 Å². The minimum Gasteiger partial charge on any atom is -0.211 e. The van der Waals surface area contributed by atoms with Crippen molar-refractivity contribution in [1.29, 1.82) is 5.26 Å². The van der Waals surface area contributed by atoms with Crippen LogP contribution in [0, 0.1) is 11.3 Å². The largest absolute Gasteiger partial charge is 0.236 e. The Hall–Kier alpha value is -1.33. The molecule has 1 aromatic carbocycles. The van der Waals surface area contributed by atoms with Crippen molar-refractivity contribution in [3.63, 3.8) is 0 Å². The van der Waals surface area contributed by atoms with Gasteiger partial charge in [-0.1, -0.05) is 23.2 Å². The van der Waals surface area contributed by atoms with E-state index in [1.807, 2.05) is 6.07 Å². The van der Waals surface area contributed by atoms with Crippen molar-refractivity contribution in [3.8, 4) is 6.07 Å². The van der Waals surface area contributed by atoms with Gasteiger partial charge in [0.25, 0.3) is 0 Å². The van der Waals surface area contributed by atoms with Crippen LogP contribution in [-0.4, -0.2) is 6.08 Å². The van der Waals surface area contributed by atoms with E-state index in [-0.39, 0.29) is 0 Å². The van der Waals surface area contributed by atoms with Crippen molar-refractivity contribution >= 4 is 29.3 Å². The molecule has 0 aliphatic rings. The molecule has 0 aliphatic heterocycles. The van der Waals surface area contributed by atoms with Gasteiger partial charge in [-0.3, -0.25) is 0 Å². The third-order valence-corrected chi connectivity index (χ3v) is 1.94. The molecule has 1 rings (SSSR count). The zero-order valence-electron chi connectivity index (χ0n) is 6.87. The van der Waals surface area contributed by atoms with E-state index in [1.54, 1.807) is 0 Å². The summed E-state index contributed by atoms with van der Waals surface area (Å²) in [5, 5.41) is 9.48. The topological polar surface area (TPSA) is 53.2 Å². The summed E-state index contributed by atoms with van der Waals surface area (Å²) >= 11 is 11.4. The van der Waals surface area contributed by atoms with E-state index in [0.29, 0.717) is 15.6 Å². The predicted molar refractivity (Wildman–Crippen MR) is 52.9 cm³/mol. The summed E-state index contributed by atoms with van der Waals surface area (Å²) in [4.78, 5) is 13.3. The van der Waals surface area contributed by atoms with Gasteiger partial charge in [0.2, 0.25) is 6.08 Å². The molecule has 5 heteroatoms. The van der Waals surface area contributed by atoms with Crippen LogP contribution < -0.4 is 0 Å². The fourth-order valence-corrected chi connectivity index (χ4v) is 1.51. The van der Waals surface area contributed by atoms with E-state index in [1.165, 1.54) is 24.3 Å². The van der Waals surface area contributed by atoms with Crippen LogP contribution in [0.15, 0.2) is 23.2 Å². The first-order valence-electron chi connectivity index (χ1n) is 3.60. The molecule has 0 saturated heterocycles. The van der Waals surface area contributed by atoms with Crippen LogP contribution >= 0.6 is 23.2 Å². The molecule has 0 heterocycles. The van der Waals surface area contributed by atoms with Crippen LogP contribution in [0.1, 0.15) is 11.6 Å². The zero-order chi connectivity index (χ0) is 10.6. The van der Waals surface area contributed by atoms with E-state index >= 15 is 0 Å². The second kappa shape index (κ2) is 4.78. The first-order valence-corrected chi connectivity index (χ1v) is 4.35. The van der Waals surface area contributed by atoms with Gasteiger partial charge in [-0.25, -0.2) is 4.79 Å². The minimum atomic E-state index is -0.899. The quantitative estimate of drug-likeness (QED) is 0.576. The molecule has 0 N–H and O–H groups in total. The third kappa shape index (κ3) is 2.58. The second-order valence-electron chi connectivity index (χ2n) is 2.45. The number of rotatable bonds is 2. The molecule has 0 spiro atoms. The Morgan fingerprint density at radius 3 is 2.29 bits per heavy atom. The first-order chi connectivity index (χ1) is 6.67. The molecule has 70 valence electrons. The summed E-state index contributed by atoms with van der Waals surface area (Å²) in [5.41, 5.74) is 0.480. The Morgan fingerprint density at radius 1 is 1.29 bits per heavy atom. The number of carbonyl (C=O) groups excluding carboxylic acids is 1. The van der Waals surface area contributed by atoms with Crippen LogP contribution in [0.2, 0.25) is 10.0 Å². The maximum atomic E-state index is 10.0. The number of hydrogen-bond donors (Lipinski definition) is 0. The number of nitriles is 1. The lowest BCUT2D eigenvalue weighted by atomic mass is 10.1. The number of nitrogens with zero attached hydrogens (tertiary/aromatic N) is 2. The molecular weight excluding hydrogens is 223 g/mol. The molecule has 0 amide bonds. The second-order valence-corrected chi connectivity index (χ2v) is 3.33. The number of benzene rings is 1. The molecule has 0 aromatic heterocycles. The van der Waals surface area contributed by atoms with Crippen molar-refractivity contribution in [2.24, 2.45) is 4.99 Å². The molecule has 0 aliphatic carbocycles. The molecule has 0 bridgehead atoms. The molecular formula is C9H4Cl2N2O. The van der Waals surface area contributed by atoms with E-state index in [2.05, 4.69) is 4.99 Å². The van der Waals surface area contributed by atoms with Crippen molar-refractivity contribution in [1.82, 2.24) is 0 Å². The molecule has 0 saturated carbocycles. The highest BCUT2D eigenvalue weighted by atomic mass is 35.5. The summed E-state index contributed by atoms with van der Waals surface area (Å²) in [6.45, 7) is 0. The SMILES string of the molecule is N#CC(N=C=O)c1cc(Cl)cc(Cl)c1. The smallest absolute Gasteiger partial charge is 0.211 e. The zero-order valence-corrected chi connectivity index (χ0v) is 8.38. The van der Waals surface area contributed by atoms with Gasteiger partial charge in [-0.05, 0) is 23.8 Å². The molecule has 3 nitrogen and oxygen atoms in total. The van der Waals surface area contributed by atoms with Crippen molar-refractivity contribution in [2.45, 2.75) is 6.04 Å². The Morgan fingerprint density at radius 2 is 1.86 bits per heavy atom. The highest BCUT2D eigenvalue weighted by molar-refractivity contribution is 6.34. The Labute approximate surface area is 90.6 Å². The van der Waals surface area contributed by atoms with Crippen molar-refractivity contribution < 1.29 is 4.79 Å². The normalized spacial score (nSPS) is 11.2. The summed E-state index contributed by atoms with van der Waals surface area (Å²) in [6, 6.07) is 5.52. The predicted octanol–water partition coefficient (Wildman–Crippen LogP) is 2.89. The van der Waals surface area contributed by atoms with Crippen LogP contribution in [0.25, 0.3) is 0 Å². The molecule has 0 fully saturated rings. The summed E-state index contributed by atoms with van der Waals surface area (Å²) < 4.78 is 0. The standard InChI is InChI=1S/C9H4Cl2N2O/c10-7-1-6(2-8(11)3-7)9(4-12)13-5-14/h1-3,9H. The van der Waals surface area contributed by atoms with Crippen LogP contribution in [0.3, 0.4) is 0 Å². The highest BCUT2D eigenvalue weighted by Gasteiger charge is 2.09. The lowest BCUT2D eigenvalue weighted by molar-refractivity contribution is 0.561. The Bertz CT molecular complexity index is 413. The maximum absolute atomic E-state index is 10.0.